The fourth-order valence-electron chi connectivity index (χ4n) is 2.40. The minimum atomic E-state index is -0.548. The van der Waals surface area contributed by atoms with E-state index in [0.29, 0.717) is 16.9 Å². The molecule has 0 fully saturated rings. The van der Waals surface area contributed by atoms with Gasteiger partial charge in [0, 0.05) is 42.0 Å². The van der Waals surface area contributed by atoms with Crippen LogP contribution in [0.4, 0.5) is 28.4 Å². The number of hydrazone groups is 1. The summed E-state index contributed by atoms with van der Waals surface area (Å²) >= 11 is 0. The summed E-state index contributed by atoms with van der Waals surface area (Å²) in [5, 5.41) is 44.6. The molecule has 0 saturated heterocycles. The highest BCUT2D eigenvalue weighted by Gasteiger charge is 2.10. The number of nitrogens with one attached hydrogen (secondary N) is 1. The molecule has 0 aliphatic rings. The largest absolute Gasteiger partial charge is 0.276 e. The first-order chi connectivity index (χ1) is 15.3. The van der Waals surface area contributed by atoms with E-state index in [1.54, 1.807) is 0 Å². The monoisotopic (exact) mass is 435 g/mol. The third-order valence-corrected chi connectivity index (χ3v) is 4.03. The molecule has 3 aromatic carbocycles. The Hall–Kier alpha value is -5.07. The molecule has 0 spiro atoms. The summed E-state index contributed by atoms with van der Waals surface area (Å²) in [7, 11) is 0. The van der Waals surface area contributed by atoms with Gasteiger partial charge < -0.3 is 0 Å². The molecule has 0 radical (unpaired) electrons. The van der Waals surface area contributed by atoms with Crippen LogP contribution < -0.4 is 5.43 Å². The number of nitro benzene ring substituents is 3. The van der Waals surface area contributed by atoms with E-state index in [2.05, 4.69) is 20.8 Å². The second-order valence-corrected chi connectivity index (χ2v) is 6.13. The number of rotatable bonds is 7. The second kappa shape index (κ2) is 9.62. The van der Waals surface area contributed by atoms with Crippen molar-refractivity contribution >= 4 is 34.3 Å². The molecular weight excluding hydrogens is 422 g/mol. The zero-order chi connectivity index (χ0) is 23.1. The van der Waals surface area contributed by atoms with Crippen molar-refractivity contribution in [1.29, 1.82) is 0 Å². The number of hydrogen-bond donors (Lipinski definition) is 1. The van der Waals surface area contributed by atoms with Crippen LogP contribution in [0.15, 0.2) is 88.1 Å². The summed E-state index contributed by atoms with van der Waals surface area (Å²) in [4.78, 5) is 30.8. The maximum absolute atomic E-state index is 10.9. The fourth-order valence-corrected chi connectivity index (χ4v) is 2.40. The molecule has 0 aliphatic carbocycles. The van der Waals surface area contributed by atoms with Crippen LogP contribution >= 0.6 is 0 Å². The number of nitrogens with zero attached hydrogens (tertiary/aromatic N) is 6. The molecule has 0 saturated carbocycles. The molecule has 160 valence electrons. The molecule has 0 aromatic heterocycles. The Labute approximate surface area is 179 Å². The molecule has 0 atom stereocenters. The molecule has 32 heavy (non-hydrogen) atoms. The van der Waals surface area contributed by atoms with Crippen LogP contribution in [0, 0.1) is 30.3 Å². The maximum atomic E-state index is 10.9. The first-order valence-electron chi connectivity index (χ1n) is 8.82. The standard InChI is InChI=1S/C19H13N7O6/c27-24(28)16-7-1-13(2-8-16)19(22-20-14-3-9-17(10-4-14)25(29)30)23-21-15-5-11-18(12-6-15)26(31)32/h1-12,20H. The van der Waals surface area contributed by atoms with E-state index in [-0.39, 0.29) is 22.9 Å². The van der Waals surface area contributed by atoms with Crippen molar-refractivity contribution in [2.45, 2.75) is 0 Å². The lowest BCUT2D eigenvalue weighted by atomic mass is 10.2. The SMILES string of the molecule is O=[N+]([O-])c1ccc(N=NC(=NNc2ccc([N+](=O)[O-])cc2)c2ccc([N+](=O)[O-])cc2)cc1. The van der Waals surface area contributed by atoms with E-state index in [9.17, 15) is 30.3 Å². The first-order valence-corrected chi connectivity index (χ1v) is 8.82. The summed E-state index contributed by atoms with van der Waals surface area (Å²) in [6, 6.07) is 16.2. The van der Waals surface area contributed by atoms with Crippen LogP contribution in [0.5, 0.6) is 0 Å². The average Bonchev–Trinajstić information content (AvgIpc) is 2.79. The Kier molecular flexibility index (Phi) is 6.50. The van der Waals surface area contributed by atoms with Crippen molar-refractivity contribution in [3.05, 3.63) is 109 Å². The quantitative estimate of drug-likeness (QED) is 0.179. The number of hydrogen-bond acceptors (Lipinski definition) is 9. The Bertz CT molecular complexity index is 1210. The van der Waals surface area contributed by atoms with Crippen LogP contribution in [0.3, 0.4) is 0 Å². The summed E-state index contributed by atoms with van der Waals surface area (Å²) in [5.74, 6) is 0.0524. The van der Waals surface area contributed by atoms with Gasteiger partial charge in [-0.2, -0.15) is 5.10 Å². The van der Waals surface area contributed by atoms with Crippen molar-refractivity contribution in [3.63, 3.8) is 0 Å². The average molecular weight is 435 g/mol. The molecule has 0 aliphatic heterocycles. The molecule has 0 bridgehead atoms. The van der Waals surface area contributed by atoms with Gasteiger partial charge in [0.05, 0.1) is 26.1 Å². The smallest absolute Gasteiger partial charge is 0.269 e. The Morgan fingerprint density at radius 1 is 0.656 bits per heavy atom. The molecule has 0 amide bonds. The van der Waals surface area contributed by atoms with Gasteiger partial charge in [-0.25, -0.2) is 0 Å². The number of non-ortho nitro benzene ring substituents is 3. The van der Waals surface area contributed by atoms with Gasteiger partial charge in [-0.1, -0.05) is 0 Å². The van der Waals surface area contributed by atoms with Crippen molar-refractivity contribution in [3.8, 4) is 0 Å². The lowest BCUT2D eigenvalue weighted by Crippen LogP contribution is -2.02. The van der Waals surface area contributed by atoms with E-state index in [1.165, 1.54) is 72.8 Å². The van der Waals surface area contributed by atoms with Crippen LogP contribution in [-0.2, 0) is 0 Å². The minimum Gasteiger partial charge on any atom is -0.276 e. The fraction of sp³-hybridized carbons (Fsp3) is 0. The van der Waals surface area contributed by atoms with Gasteiger partial charge in [0.1, 0.15) is 0 Å². The lowest BCUT2D eigenvalue weighted by Gasteiger charge is -2.03. The molecule has 13 nitrogen and oxygen atoms in total. The van der Waals surface area contributed by atoms with Gasteiger partial charge in [-0.15, -0.1) is 10.2 Å². The number of nitro groups is 3. The highest BCUT2D eigenvalue weighted by Crippen LogP contribution is 2.20. The lowest BCUT2D eigenvalue weighted by molar-refractivity contribution is -0.385. The third kappa shape index (κ3) is 5.50. The molecular formula is C19H13N7O6. The minimum absolute atomic E-state index is 0.0524. The molecule has 0 unspecified atom stereocenters. The van der Waals surface area contributed by atoms with Crippen molar-refractivity contribution in [2.75, 3.05) is 5.43 Å². The summed E-state index contributed by atoms with van der Waals surface area (Å²) in [6.07, 6.45) is 0. The van der Waals surface area contributed by atoms with Gasteiger partial charge in [-0.05, 0) is 36.4 Å². The predicted octanol–water partition coefficient (Wildman–Crippen LogP) is 4.97. The van der Waals surface area contributed by atoms with E-state index in [1.807, 2.05) is 0 Å². The summed E-state index contributed by atoms with van der Waals surface area (Å²) in [5.41, 5.74) is 3.53. The van der Waals surface area contributed by atoms with Crippen LogP contribution in [-0.4, -0.2) is 20.6 Å². The third-order valence-electron chi connectivity index (χ3n) is 4.03. The summed E-state index contributed by atoms with van der Waals surface area (Å²) in [6.45, 7) is 0. The highest BCUT2D eigenvalue weighted by atomic mass is 16.6. The van der Waals surface area contributed by atoms with Gasteiger partial charge in [-0.3, -0.25) is 35.8 Å². The van der Waals surface area contributed by atoms with Gasteiger partial charge in [0.2, 0.25) is 5.84 Å². The summed E-state index contributed by atoms with van der Waals surface area (Å²) < 4.78 is 0. The zero-order valence-corrected chi connectivity index (χ0v) is 16.1. The van der Waals surface area contributed by atoms with Crippen LogP contribution in [0.25, 0.3) is 0 Å². The van der Waals surface area contributed by atoms with Crippen molar-refractivity contribution in [2.24, 2.45) is 15.3 Å². The van der Waals surface area contributed by atoms with Crippen molar-refractivity contribution in [1.82, 2.24) is 0 Å². The van der Waals surface area contributed by atoms with Crippen LogP contribution in [0.2, 0.25) is 0 Å². The van der Waals surface area contributed by atoms with E-state index < -0.39 is 14.8 Å². The normalized spacial score (nSPS) is 11.3. The van der Waals surface area contributed by atoms with Crippen molar-refractivity contribution < 1.29 is 14.8 Å². The Morgan fingerprint density at radius 2 is 1.09 bits per heavy atom. The van der Waals surface area contributed by atoms with E-state index in [0.717, 1.165) is 0 Å². The Morgan fingerprint density at radius 3 is 1.56 bits per heavy atom. The number of amidine groups is 1. The molecule has 1 N–H and O–H groups in total. The first kappa shape index (κ1) is 21.6. The number of azo groups is 1. The van der Waals surface area contributed by atoms with Crippen LogP contribution in [0.1, 0.15) is 5.56 Å². The zero-order valence-electron chi connectivity index (χ0n) is 16.1. The topological polar surface area (TPSA) is 179 Å². The second-order valence-electron chi connectivity index (χ2n) is 6.13. The molecule has 3 rings (SSSR count). The number of anilines is 1. The van der Waals surface area contributed by atoms with Gasteiger partial charge in [0.15, 0.2) is 0 Å². The van der Waals surface area contributed by atoms with E-state index >= 15 is 0 Å². The highest BCUT2D eigenvalue weighted by molar-refractivity contribution is 5.99. The molecule has 13 heteroatoms. The van der Waals surface area contributed by atoms with E-state index in [4.69, 9.17) is 0 Å². The number of benzene rings is 3. The predicted molar refractivity (Wildman–Crippen MR) is 114 cm³/mol. The van der Waals surface area contributed by atoms with Gasteiger partial charge >= 0.3 is 0 Å². The van der Waals surface area contributed by atoms with Gasteiger partial charge in [0.25, 0.3) is 17.1 Å². The molecule has 3 aromatic rings. The molecule has 0 heterocycles. The maximum Gasteiger partial charge on any atom is 0.269 e. The Balaban J connectivity index is 1.89.